The molecular formula is C18H22F3N5O2S. The number of carbonyl (C=O) groups is 1. The monoisotopic (exact) mass is 429 g/mol. The predicted octanol–water partition coefficient (Wildman–Crippen LogP) is 1.58. The molecule has 2 spiro atoms. The number of aromatic nitrogens is 2. The minimum absolute atomic E-state index is 0.0328. The van der Waals surface area contributed by atoms with E-state index < -0.39 is 22.9 Å². The van der Waals surface area contributed by atoms with Gasteiger partial charge < -0.3 is 9.80 Å². The lowest BCUT2D eigenvalue weighted by molar-refractivity contribution is -0.141. The third-order valence-electron chi connectivity index (χ3n) is 6.59. The Morgan fingerprint density at radius 2 is 1.93 bits per heavy atom. The standard InChI is InChI=1S/C18H22F3N5O2S/c19-18(20,21)13-1-3-22-14(23-13)5-12-6-16(7-12)8-25(9-16)15(27)26-10-17(11-26)2-4-29(28)24-17/h1,3,12,24H,2,4-11H2. The van der Waals surface area contributed by atoms with Crippen LogP contribution in [0.25, 0.3) is 0 Å². The molecule has 0 radical (unpaired) electrons. The summed E-state index contributed by atoms with van der Waals surface area (Å²) in [7, 11) is -0.974. The molecule has 4 fully saturated rings. The maximum Gasteiger partial charge on any atom is 0.433 e. The number of urea groups is 1. The first-order valence-corrected chi connectivity index (χ1v) is 11.1. The first-order valence-electron chi connectivity index (χ1n) is 9.75. The Labute approximate surface area is 168 Å². The van der Waals surface area contributed by atoms with E-state index >= 15 is 0 Å². The second-order valence-corrected chi connectivity index (χ2v) is 10.3. The van der Waals surface area contributed by atoms with Gasteiger partial charge in [-0.15, -0.1) is 0 Å². The lowest BCUT2D eigenvalue weighted by Gasteiger charge is -2.61. The van der Waals surface area contributed by atoms with Crippen molar-refractivity contribution < 1.29 is 22.2 Å². The van der Waals surface area contributed by atoms with Gasteiger partial charge in [0.1, 0.15) is 11.5 Å². The van der Waals surface area contributed by atoms with Crippen molar-refractivity contribution in [3.05, 3.63) is 23.8 Å². The number of rotatable bonds is 2. The minimum atomic E-state index is -4.45. The molecule has 1 aromatic heterocycles. The summed E-state index contributed by atoms with van der Waals surface area (Å²) < 4.78 is 52.9. The molecule has 1 atom stereocenters. The van der Waals surface area contributed by atoms with Crippen LogP contribution in [-0.4, -0.2) is 67.5 Å². The van der Waals surface area contributed by atoms with Crippen LogP contribution in [0.5, 0.6) is 0 Å². The Kier molecular flexibility index (Phi) is 4.22. The fraction of sp³-hybridized carbons (Fsp3) is 0.722. The minimum Gasteiger partial charge on any atom is -0.323 e. The molecule has 4 aliphatic rings. The van der Waals surface area contributed by atoms with E-state index in [4.69, 9.17) is 0 Å². The van der Waals surface area contributed by atoms with Crippen LogP contribution < -0.4 is 4.72 Å². The normalized spacial score (nSPS) is 27.6. The van der Waals surface area contributed by atoms with Crippen LogP contribution in [0.15, 0.2) is 12.3 Å². The van der Waals surface area contributed by atoms with Gasteiger partial charge >= 0.3 is 12.2 Å². The molecule has 158 valence electrons. The van der Waals surface area contributed by atoms with Gasteiger partial charge in [0.2, 0.25) is 0 Å². The average Bonchev–Trinajstić information content (AvgIpc) is 2.96. The van der Waals surface area contributed by atoms with Gasteiger partial charge in [-0.05, 0) is 31.2 Å². The summed E-state index contributed by atoms with van der Waals surface area (Å²) in [5.74, 6) is 1.14. The Bertz CT molecular complexity index is 859. The molecule has 7 nitrogen and oxygen atoms in total. The van der Waals surface area contributed by atoms with Crippen LogP contribution in [0, 0.1) is 11.3 Å². The number of carbonyl (C=O) groups excluding carboxylic acids is 1. The van der Waals surface area contributed by atoms with E-state index in [1.807, 2.05) is 4.90 Å². The van der Waals surface area contributed by atoms with Crippen molar-refractivity contribution in [2.24, 2.45) is 11.3 Å². The molecule has 1 saturated carbocycles. The number of halogens is 3. The van der Waals surface area contributed by atoms with E-state index in [-0.39, 0.29) is 28.7 Å². The van der Waals surface area contributed by atoms with Gasteiger partial charge in [-0.1, -0.05) is 0 Å². The van der Waals surface area contributed by atoms with Gasteiger partial charge in [0.05, 0.1) is 16.5 Å². The largest absolute Gasteiger partial charge is 0.433 e. The fourth-order valence-corrected chi connectivity index (χ4v) is 6.65. The molecule has 3 aliphatic heterocycles. The van der Waals surface area contributed by atoms with Gasteiger partial charge in [-0.3, -0.25) is 0 Å². The summed E-state index contributed by atoms with van der Waals surface area (Å²) in [6, 6.07) is 0.922. The Balaban J connectivity index is 1.08. The van der Waals surface area contributed by atoms with Crippen molar-refractivity contribution >= 4 is 17.0 Å². The number of likely N-dealkylation sites (tertiary alicyclic amines) is 2. The maximum absolute atomic E-state index is 12.8. The molecule has 4 heterocycles. The Morgan fingerprint density at radius 3 is 2.55 bits per heavy atom. The topological polar surface area (TPSA) is 78.4 Å². The molecule has 1 aliphatic carbocycles. The summed E-state index contributed by atoms with van der Waals surface area (Å²) in [6.45, 7) is 2.62. The summed E-state index contributed by atoms with van der Waals surface area (Å²) >= 11 is 0. The first-order chi connectivity index (χ1) is 13.7. The molecule has 5 rings (SSSR count). The molecule has 1 aromatic rings. The van der Waals surface area contributed by atoms with Crippen LogP contribution in [0.3, 0.4) is 0 Å². The van der Waals surface area contributed by atoms with Gasteiger partial charge in [0.15, 0.2) is 0 Å². The number of alkyl halides is 3. The van der Waals surface area contributed by atoms with E-state index in [0.29, 0.717) is 38.4 Å². The zero-order chi connectivity index (χ0) is 20.4. The SMILES string of the molecule is O=C(N1CC2(CC(Cc3nccc(C(F)(F)F)n3)C2)C1)N1CC2(CCS(=O)N2)C1. The number of hydrogen-bond acceptors (Lipinski definition) is 4. The lowest BCUT2D eigenvalue weighted by Crippen LogP contribution is -2.73. The molecule has 29 heavy (non-hydrogen) atoms. The fourth-order valence-electron chi connectivity index (χ4n) is 5.25. The smallest absolute Gasteiger partial charge is 0.323 e. The molecule has 0 aromatic carbocycles. The third kappa shape index (κ3) is 3.41. The van der Waals surface area contributed by atoms with Gasteiger partial charge in [0.25, 0.3) is 0 Å². The molecule has 11 heteroatoms. The summed E-state index contributed by atoms with van der Waals surface area (Å²) in [4.78, 5) is 23.9. The van der Waals surface area contributed by atoms with Crippen LogP contribution >= 0.6 is 0 Å². The number of nitrogens with zero attached hydrogens (tertiary/aromatic N) is 4. The molecule has 1 N–H and O–H groups in total. The Hall–Kier alpha value is -1.75. The van der Waals surface area contributed by atoms with Crippen LogP contribution in [0.4, 0.5) is 18.0 Å². The number of amides is 2. The average molecular weight is 429 g/mol. The lowest BCUT2D eigenvalue weighted by atomic mass is 9.57. The van der Waals surface area contributed by atoms with Crippen LogP contribution in [0.2, 0.25) is 0 Å². The van der Waals surface area contributed by atoms with E-state index in [2.05, 4.69) is 14.7 Å². The zero-order valence-corrected chi connectivity index (χ0v) is 16.6. The maximum atomic E-state index is 12.8. The van der Waals surface area contributed by atoms with Gasteiger partial charge in [-0.2, -0.15) is 13.2 Å². The molecule has 1 unspecified atom stereocenters. The molecular weight excluding hydrogens is 407 g/mol. The van der Waals surface area contributed by atoms with Gasteiger partial charge in [0, 0.05) is 50.0 Å². The van der Waals surface area contributed by atoms with E-state index in [1.165, 1.54) is 0 Å². The highest BCUT2D eigenvalue weighted by atomic mass is 32.2. The molecule has 2 amide bonds. The quantitative estimate of drug-likeness (QED) is 0.775. The van der Waals surface area contributed by atoms with Crippen LogP contribution in [0.1, 0.15) is 30.8 Å². The van der Waals surface area contributed by atoms with Crippen molar-refractivity contribution in [2.45, 2.75) is 37.4 Å². The molecule has 0 bridgehead atoms. The van der Waals surface area contributed by atoms with Crippen molar-refractivity contribution in [1.82, 2.24) is 24.5 Å². The third-order valence-corrected chi connectivity index (χ3v) is 7.82. The van der Waals surface area contributed by atoms with Crippen molar-refractivity contribution in [3.8, 4) is 0 Å². The highest BCUT2D eigenvalue weighted by molar-refractivity contribution is 7.83. The number of nitrogens with one attached hydrogen (secondary N) is 1. The Morgan fingerprint density at radius 1 is 1.24 bits per heavy atom. The van der Waals surface area contributed by atoms with E-state index in [0.717, 1.165) is 31.5 Å². The van der Waals surface area contributed by atoms with Crippen molar-refractivity contribution in [2.75, 3.05) is 31.9 Å². The highest BCUT2D eigenvalue weighted by Gasteiger charge is 2.56. The zero-order valence-electron chi connectivity index (χ0n) is 15.7. The van der Waals surface area contributed by atoms with Crippen molar-refractivity contribution in [1.29, 1.82) is 0 Å². The van der Waals surface area contributed by atoms with Gasteiger partial charge in [-0.25, -0.2) is 23.7 Å². The summed E-state index contributed by atoms with van der Waals surface area (Å²) in [6.07, 6.45) is -0.227. The summed E-state index contributed by atoms with van der Waals surface area (Å²) in [5, 5.41) is 0. The highest BCUT2D eigenvalue weighted by Crippen LogP contribution is 2.53. The second kappa shape index (κ2) is 6.37. The first kappa shape index (κ1) is 19.2. The van der Waals surface area contributed by atoms with E-state index in [1.54, 1.807) is 4.90 Å². The van der Waals surface area contributed by atoms with Crippen molar-refractivity contribution in [3.63, 3.8) is 0 Å². The number of hydrogen-bond donors (Lipinski definition) is 1. The predicted molar refractivity (Wildman–Crippen MR) is 97.9 cm³/mol. The summed E-state index contributed by atoms with van der Waals surface area (Å²) in [5.41, 5.74) is -0.947. The second-order valence-electron chi connectivity index (χ2n) is 9.01. The molecule has 3 saturated heterocycles. The van der Waals surface area contributed by atoms with Crippen LogP contribution in [-0.2, 0) is 23.6 Å². The van der Waals surface area contributed by atoms with E-state index in [9.17, 15) is 22.2 Å².